The van der Waals surface area contributed by atoms with Crippen LogP contribution in [-0.4, -0.2) is 30.3 Å². The number of nitrogens with zero attached hydrogens (tertiary/aromatic N) is 2. The maximum absolute atomic E-state index is 13.1. The maximum atomic E-state index is 13.1. The SMILES string of the molecule is Cc1nc2ccc(S(=O)(=O)N[C@H](CC(C)C)C(=O)Nc3nc4ccc(Cl)cc4s3)cc2s1. The number of carbonyl (C=O) groups excluding carboxylic acids is 1. The van der Waals surface area contributed by atoms with E-state index in [2.05, 4.69) is 20.0 Å². The smallest absolute Gasteiger partial charge is 0.244 e. The lowest BCUT2D eigenvalue weighted by atomic mass is 10.0. The molecule has 0 saturated heterocycles. The van der Waals surface area contributed by atoms with E-state index in [1.807, 2.05) is 20.8 Å². The minimum absolute atomic E-state index is 0.0919. The van der Waals surface area contributed by atoms with Gasteiger partial charge in [-0.2, -0.15) is 4.72 Å². The molecule has 0 bridgehead atoms. The fraction of sp³-hybridized carbons (Fsp3) is 0.286. The van der Waals surface area contributed by atoms with Crippen LogP contribution in [0.15, 0.2) is 41.3 Å². The number of hydrogen-bond donors (Lipinski definition) is 2. The van der Waals surface area contributed by atoms with Gasteiger partial charge in [0, 0.05) is 5.02 Å². The molecule has 1 atom stereocenters. The fourth-order valence-electron chi connectivity index (χ4n) is 3.27. The van der Waals surface area contributed by atoms with Crippen LogP contribution in [0.1, 0.15) is 25.3 Å². The lowest BCUT2D eigenvalue weighted by molar-refractivity contribution is -0.118. The molecule has 2 N–H and O–H groups in total. The van der Waals surface area contributed by atoms with Crippen molar-refractivity contribution in [3.05, 3.63) is 46.4 Å². The molecule has 2 aromatic heterocycles. The van der Waals surface area contributed by atoms with Crippen molar-refractivity contribution < 1.29 is 13.2 Å². The summed E-state index contributed by atoms with van der Waals surface area (Å²) >= 11 is 8.73. The number of carbonyl (C=O) groups is 1. The second-order valence-corrected chi connectivity index (χ2v) is 12.2. The molecule has 11 heteroatoms. The molecule has 1 amide bonds. The second kappa shape index (κ2) is 9.03. The fourth-order valence-corrected chi connectivity index (χ4v) is 6.59. The molecule has 0 radical (unpaired) electrons. The van der Waals surface area contributed by atoms with Crippen molar-refractivity contribution in [2.45, 2.75) is 38.1 Å². The van der Waals surface area contributed by atoms with E-state index in [9.17, 15) is 13.2 Å². The summed E-state index contributed by atoms with van der Waals surface area (Å²) in [5.41, 5.74) is 1.46. The first-order chi connectivity index (χ1) is 15.1. The van der Waals surface area contributed by atoms with E-state index in [4.69, 9.17) is 11.6 Å². The van der Waals surface area contributed by atoms with Crippen molar-refractivity contribution in [3.8, 4) is 0 Å². The van der Waals surface area contributed by atoms with E-state index in [1.54, 1.807) is 30.3 Å². The predicted molar refractivity (Wildman–Crippen MR) is 131 cm³/mol. The molecule has 7 nitrogen and oxygen atoms in total. The van der Waals surface area contributed by atoms with Gasteiger partial charge in [0.2, 0.25) is 15.9 Å². The number of halogens is 1. The summed E-state index contributed by atoms with van der Waals surface area (Å²) in [5, 5.41) is 4.58. The molecular formula is C21H21ClN4O3S3. The van der Waals surface area contributed by atoms with Gasteiger partial charge in [0.25, 0.3) is 0 Å². The van der Waals surface area contributed by atoms with Gasteiger partial charge in [-0.3, -0.25) is 4.79 Å². The number of thiazole rings is 2. The minimum Gasteiger partial charge on any atom is -0.301 e. The third-order valence-corrected chi connectivity index (χ3v) is 8.25. The molecule has 4 aromatic rings. The lowest BCUT2D eigenvalue weighted by Gasteiger charge is -2.19. The summed E-state index contributed by atoms with van der Waals surface area (Å²) in [6.07, 6.45) is 0.337. The Hall–Kier alpha value is -2.11. The topological polar surface area (TPSA) is 101 Å². The zero-order chi connectivity index (χ0) is 23.0. The number of anilines is 1. The summed E-state index contributed by atoms with van der Waals surface area (Å²) in [6.45, 7) is 5.73. The van der Waals surface area contributed by atoms with Crippen LogP contribution in [0.4, 0.5) is 5.13 Å². The number of aryl methyl sites for hydroxylation is 1. The van der Waals surface area contributed by atoms with Crippen molar-refractivity contribution in [3.63, 3.8) is 0 Å². The minimum atomic E-state index is -3.92. The van der Waals surface area contributed by atoms with Gasteiger partial charge in [0.1, 0.15) is 6.04 Å². The Balaban J connectivity index is 1.57. The molecule has 0 spiro atoms. The molecule has 0 saturated carbocycles. The normalized spacial score (nSPS) is 13.2. The lowest BCUT2D eigenvalue weighted by Crippen LogP contribution is -2.44. The van der Waals surface area contributed by atoms with Crippen LogP contribution in [0.2, 0.25) is 5.02 Å². The van der Waals surface area contributed by atoms with Crippen LogP contribution in [0.5, 0.6) is 0 Å². The van der Waals surface area contributed by atoms with Crippen molar-refractivity contribution in [1.82, 2.24) is 14.7 Å². The third kappa shape index (κ3) is 5.10. The van der Waals surface area contributed by atoms with Crippen LogP contribution in [0, 0.1) is 12.8 Å². The van der Waals surface area contributed by atoms with Gasteiger partial charge in [-0.15, -0.1) is 11.3 Å². The number of sulfonamides is 1. The van der Waals surface area contributed by atoms with Gasteiger partial charge in [-0.1, -0.05) is 36.8 Å². The highest BCUT2D eigenvalue weighted by Crippen LogP contribution is 2.29. The van der Waals surface area contributed by atoms with E-state index < -0.39 is 22.0 Å². The second-order valence-electron chi connectivity index (χ2n) is 7.79. The standard InChI is InChI=1S/C21H21ClN4O3S3/c1-11(2)8-17(20(27)25-21-24-16-6-4-13(22)9-18(16)31-21)26-32(28,29)14-5-7-15-19(10-14)30-12(3)23-15/h4-7,9-11,17,26H,8H2,1-3H3,(H,24,25,27)/t17-/m1/s1. The average molecular weight is 509 g/mol. The van der Waals surface area contributed by atoms with Crippen molar-refractivity contribution in [2.24, 2.45) is 5.92 Å². The third-order valence-electron chi connectivity index (χ3n) is 4.68. The molecule has 0 fully saturated rings. The van der Waals surface area contributed by atoms with Crippen LogP contribution < -0.4 is 10.0 Å². The van der Waals surface area contributed by atoms with Crippen molar-refractivity contribution >= 4 is 75.8 Å². The van der Waals surface area contributed by atoms with Crippen LogP contribution >= 0.6 is 34.3 Å². The Kier molecular flexibility index (Phi) is 6.51. The van der Waals surface area contributed by atoms with Gasteiger partial charge in [-0.05, 0) is 55.7 Å². The number of nitrogens with one attached hydrogen (secondary N) is 2. The molecule has 0 aliphatic heterocycles. The van der Waals surface area contributed by atoms with Crippen LogP contribution in [0.3, 0.4) is 0 Å². The summed E-state index contributed by atoms with van der Waals surface area (Å²) in [6, 6.07) is 9.10. The zero-order valence-electron chi connectivity index (χ0n) is 17.5. The number of benzene rings is 2. The Morgan fingerprint density at radius 2 is 1.75 bits per heavy atom. The molecule has 32 heavy (non-hydrogen) atoms. The first kappa shape index (κ1) is 23.1. The van der Waals surface area contributed by atoms with E-state index >= 15 is 0 Å². The number of amides is 1. The molecule has 2 aromatic carbocycles. The summed E-state index contributed by atoms with van der Waals surface area (Å²) < 4.78 is 30.3. The summed E-state index contributed by atoms with van der Waals surface area (Å²) in [5.74, 6) is -0.364. The van der Waals surface area contributed by atoms with Crippen LogP contribution in [-0.2, 0) is 14.8 Å². The maximum Gasteiger partial charge on any atom is 0.244 e. The number of hydrogen-bond acceptors (Lipinski definition) is 7. The molecule has 168 valence electrons. The monoisotopic (exact) mass is 508 g/mol. The quantitative estimate of drug-likeness (QED) is 0.357. The van der Waals surface area contributed by atoms with E-state index in [-0.39, 0.29) is 10.8 Å². The van der Waals surface area contributed by atoms with Crippen molar-refractivity contribution in [2.75, 3.05) is 5.32 Å². The zero-order valence-corrected chi connectivity index (χ0v) is 20.8. The largest absolute Gasteiger partial charge is 0.301 e. The van der Waals surface area contributed by atoms with Gasteiger partial charge >= 0.3 is 0 Å². The first-order valence-electron chi connectivity index (χ1n) is 9.87. The Morgan fingerprint density at radius 1 is 1.06 bits per heavy atom. The Bertz CT molecular complexity index is 1410. The van der Waals surface area contributed by atoms with E-state index in [0.717, 1.165) is 19.9 Å². The highest BCUT2D eigenvalue weighted by molar-refractivity contribution is 7.89. The number of fused-ring (bicyclic) bond motifs is 2. The summed E-state index contributed by atoms with van der Waals surface area (Å²) in [4.78, 5) is 21.9. The average Bonchev–Trinajstić information content (AvgIpc) is 3.27. The highest BCUT2D eigenvalue weighted by Gasteiger charge is 2.27. The predicted octanol–water partition coefficient (Wildman–Crippen LogP) is 5.20. The summed E-state index contributed by atoms with van der Waals surface area (Å²) in [7, 11) is -3.92. The Morgan fingerprint density at radius 3 is 2.50 bits per heavy atom. The number of aromatic nitrogens is 2. The Labute approximate surface area is 198 Å². The van der Waals surface area contributed by atoms with Gasteiger partial charge < -0.3 is 5.32 Å². The van der Waals surface area contributed by atoms with E-state index in [1.165, 1.54) is 28.7 Å². The molecule has 2 heterocycles. The van der Waals surface area contributed by atoms with E-state index in [0.29, 0.717) is 22.1 Å². The van der Waals surface area contributed by atoms with Crippen molar-refractivity contribution in [1.29, 1.82) is 0 Å². The highest BCUT2D eigenvalue weighted by atomic mass is 35.5. The molecular weight excluding hydrogens is 488 g/mol. The van der Waals surface area contributed by atoms with Crippen LogP contribution in [0.25, 0.3) is 20.4 Å². The molecule has 0 aliphatic carbocycles. The molecule has 0 unspecified atom stereocenters. The van der Waals surface area contributed by atoms with Gasteiger partial charge in [-0.25, -0.2) is 18.4 Å². The number of rotatable bonds is 7. The molecule has 4 rings (SSSR count). The molecule has 0 aliphatic rings. The first-order valence-corrected chi connectivity index (χ1v) is 13.4. The van der Waals surface area contributed by atoms with Gasteiger partial charge in [0.15, 0.2) is 5.13 Å². The van der Waals surface area contributed by atoms with Gasteiger partial charge in [0.05, 0.1) is 30.3 Å².